The summed E-state index contributed by atoms with van der Waals surface area (Å²) in [5.41, 5.74) is -0.624. The van der Waals surface area contributed by atoms with Crippen LogP contribution in [0.5, 0.6) is 0 Å². The molecule has 1 aromatic carbocycles. The minimum atomic E-state index is -0.758. The van der Waals surface area contributed by atoms with Crippen molar-refractivity contribution in [3.8, 4) is 0 Å². The van der Waals surface area contributed by atoms with Crippen molar-refractivity contribution in [2.24, 2.45) is 5.92 Å². The molecule has 1 aliphatic carbocycles. The summed E-state index contributed by atoms with van der Waals surface area (Å²) in [4.78, 5) is 47.0. The number of hydrogen-bond acceptors (Lipinski definition) is 5. The van der Waals surface area contributed by atoms with Crippen LogP contribution in [0.4, 0.5) is 5.69 Å². The third-order valence-electron chi connectivity index (χ3n) is 3.52. The van der Waals surface area contributed by atoms with Crippen LogP contribution in [-0.2, 0) is 4.79 Å². The summed E-state index contributed by atoms with van der Waals surface area (Å²) in [6.07, 6.45) is 1.56. The standard InChI is InChI=1S/C13H10N2O5/c16-10(7-4-5-7)6-14-12(17)8-2-1-3-9(15(19)20)11(8)13(14)18/h1-3,7H,4-6H2. The molecule has 0 radical (unpaired) electrons. The lowest BCUT2D eigenvalue weighted by atomic mass is 10.1. The Bertz CT molecular complexity index is 663. The Morgan fingerprint density at radius 2 is 2.00 bits per heavy atom. The second-order valence-corrected chi connectivity index (χ2v) is 4.89. The van der Waals surface area contributed by atoms with Crippen LogP contribution < -0.4 is 0 Å². The van der Waals surface area contributed by atoms with Crippen molar-refractivity contribution in [2.75, 3.05) is 6.54 Å². The van der Waals surface area contributed by atoms with E-state index < -0.39 is 22.4 Å². The highest BCUT2D eigenvalue weighted by Crippen LogP contribution is 2.33. The first-order chi connectivity index (χ1) is 9.50. The third kappa shape index (κ3) is 1.78. The summed E-state index contributed by atoms with van der Waals surface area (Å²) in [5, 5.41) is 10.9. The lowest BCUT2D eigenvalue weighted by Crippen LogP contribution is -2.35. The molecule has 2 amide bonds. The van der Waals surface area contributed by atoms with Crippen molar-refractivity contribution in [3.05, 3.63) is 39.4 Å². The number of benzene rings is 1. The van der Waals surface area contributed by atoms with Crippen LogP contribution in [0.1, 0.15) is 33.6 Å². The van der Waals surface area contributed by atoms with Crippen molar-refractivity contribution in [2.45, 2.75) is 12.8 Å². The fourth-order valence-corrected chi connectivity index (χ4v) is 2.30. The van der Waals surface area contributed by atoms with E-state index in [9.17, 15) is 24.5 Å². The van der Waals surface area contributed by atoms with Crippen molar-refractivity contribution < 1.29 is 19.3 Å². The van der Waals surface area contributed by atoms with E-state index >= 15 is 0 Å². The normalized spacial score (nSPS) is 17.3. The summed E-state index contributed by atoms with van der Waals surface area (Å²) < 4.78 is 0. The number of fused-ring (bicyclic) bond motifs is 1. The highest BCUT2D eigenvalue weighted by Gasteiger charge is 2.43. The zero-order valence-electron chi connectivity index (χ0n) is 10.4. The van der Waals surface area contributed by atoms with E-state index in [4.69, 9.17) is 0 Å². The Hall–Kier alpha value is -2.57. The molecule has 20 heavy (non-hydrogen) atoms. The molecule has 1 aliphatic heterocycles. The van der Waals surface area contributed by atoms with Gasteiger partial charge in [-0.05, 0) is 18.9 Å². The number of carbonyl (C=O) groups excluding carboxylic acids is 3. The smallest absolute Gasteiger partial charge is 0.282 e. The van der Waals surface area contributed by atoms with Gasteiger partial charge in [-0.25, -0.2) is 0 Å². The fourth-order valence-electron chi connectivity index (χ4n) is 2.30. The molecule has 0 unspecified atom stereocenters. The molecule has 7 nitrogen and oxygen atoms in total. The lowest BCUT2D eigenvalue weighted by molar-refractivity contribution is -0.385. The maximum atomic E-state index is 12.2. The molecule has 7 heteroatoms. The highest BCUT2D eigenvalue weighted by atomic mass is 16.6. The Morgan fingerprint density at radius 1 is 1.30 bits per heavy atom. The monoisotopic (exact) mass is 274 g/mol. The van der Waals surface area contributed by atoms with Crippen LogP contribution in [0.15, 0.2) is 18.2 Å². The number of ketones is 1. The maximum absolute atomic E-state index is 12.2. The van der Waals surface area contributed by atoms with E-state index in [0.717, 1.165) is 17.7 Å². The predicted molar refractivity (Wildman–Crippen MR) is 66.2 cm³/mol. The zero-order chi connectivity index (χ0) is 14.4. The van der Waals surface area contributed by atoms with E-state index in [-0.39, 0.29) is 29.4 Å². The summed E-state index contributed by atoms with van der Waals surface area (Å²) in [7, 11) is 0. The molecule has 2 aliphatic rings. The number of amides is 2. The molecule has 0 atom stereocenters. The van der Waals surface area contributed by atoms with Gasteiger partial charge in [0.25, 0.3) is 17.5 Å². The number of nitro groups is 1. The van der Waals surface area contributed by atoms with Crippen LogP contribution >= 0.6 is 0 Å². The molecule has 0 aromatic heterocycles. The van der Waals surface area contributed by atoms with Gasteiger partial charge in [0.2, 0.25) is 0 Å². The molecule has 1 saturated carbocycles. The van der Waals surface area contributed by atoms with E-state index in [1.165, 1.54) is 18.2 Å². The second-order valence-electron chi connectivity index (χ2n) is 4.89. The Labute approximate surface area is 113 Å². The van der Waals surface area contributed by atoms with Gasteiger partial charge in [-0.15, -0.1) is 0 Å². The van der Waals surface area contributed by atoms with Crippen molar-refractivity contribution in [1.29, 1.82) is 0 Å². The number of imide groups is 1. The van der Waals surface area contributed by atoms with Crippen LogP contribution in [0, 0.1) is 16.0 Å². The maximum Gasteiger partial charge on any atom is 0.282 e. The Balaban J connectivity index is 1.97. The van der Waals surface area contributed by atoms with Gasteiger partial charge in [0.1, 0.15) is 5.56 Å². The van der Waals surface area contributed by atoms with Crippen molar-refractivity contribution in [1.82, 2.24) is 4.90 Å². The summed E-state index contributed by atoms with van der Waals surface area (Å²) in [5.74, 6) is -1.63. The average Bonchev–Trinajstić information content (AvgIpc) is 3.23. The number of carbonyl (C=O) groups is 3. The van der Waals surface area contributed by atoms with Gasteiger partial charge >= 0.3 is 0 Å². The number of nitrogens with zero attached hydrogens (tertiary/aromatic N) is 2. The molecule has 3 rings (SSSR count). The quantitative estimate of drug-likeness (QED) is 0.466. The first-order valence-corrected chi connectivity index (χ1v) is 6.17. The Kier molecular flexibility index (Phi) is 2.63. The summed E-state index contributed by atoms with van der Waals surface area (Å²) in [6, 6.07) is 3.90. The number of rotatable bonds is 4. The minimum Gasteiger partial charge on any atom is -0.297 e. The average molecular weight is 274 g/mol. The number of hydrogen-bond donors (Lipinski definition) is 0. The summed E-state index contributed by atoms with van der Waals surface area (Å²) >= 11 is 0. The molecule has 1 heterocycles. The van der Waals surface area contributed by atoms with Gasteiger partial charge in [-0.2, -0.15) is 0 Å². The first kappa shape index (κ1) is 12.5. The van der Waals surface area contributed by atoms with Crippen LogP contribution in [0.25, 0.3) is 0 Å². The van der Waals surface area contributed by atoms with Crippen molar-refractivity contribution >= 4 is 23.3 Å². The minimum absolute atomic E-state index is 0.00667. The molecule has 1 aromatic rings. The first-order valence-electron chi connectivity index (χ1n) is 6.17. The van der Waals surface area contributed by atoms with E-state index in [1.807, 2.05) is 0 Å². The summed E-state index contributed by atoms with van der Waals surface area (Å²) in [6.45, 7) is -0.297. The van der Waals surface area contributed by atoms with E-state index in [1.54, 1.807) is 0 Å². The molecule has 0 saturated heterocycles. The topological polar surface area (TPSA) is 97.6 Å². The fraction of sp³-hybridized carbons (Fsp3) is 0.308. The second kappa shape index (κ2) is 4.22. The van der Waals surface area contributed by atoms with Gasteiger partial charge in [0, 0.05) is 12.0 Å². The van der Waals surface area contributed by atoms with Crippen LogP contribution in [-0.4, -0.2) is 34.0 Å². The number of nitro benzene ring substituents is 1. The lowest BCUT2D eigenvalue weighted by Gasteiger charge is -2.11. The molecule has 0 spiro atoms. The Morgan fingerprint density at radius 3 is 2.60 bits per heavy atom. The van der Waals surface area contributed by atoms with Gasteiger partial charge in [-0.1, -0.05) is 6.07 Å². The van der Waals surface area contributed by atoms with E-state index in [0.29, 0.717) is 0 Å². The van der Waals surface area contributed by atoms with Gasteiger partial charge in [-0.3, -0.25) is 29.4 Å². The molecular formula is C13H10N2O5. The molecule has 102 valence electrons. The van der Waals surface area contributed by atoms with E-state index in [2.05, 4.69) is 0 Å². The van der Waals surface area contributed by atoms with Crippen LogP contribution in [0.3, 0.4) is 0 Å². The van der Waals surface area contributed by atoms with Crippen molar-refractivity contribution in [3.63, 3.8) is 0 Å². The molecule has 0 bridgehead atoms. The van der Waals surface area contributed by atoms with Gasteiger partial charge in [0.15, 0.2) is 5.78 Å². The van der Waals surface area contributed by atoms with Gasteiger partial charge in [0.05, 0.1) is 17.0 Å². The SMILES string of the molecule is O=C(CN1C(=O)c2cccc([N+](=O)[O-])c2C1=O)C1CC1. The van der Waals surface area contributed by atoms with Crippen LogP contribution in [0.2, 0.25) is 0 Å². The highest BCUT2D eigenvalue weighted by molar-refractivity contribution is 6.24. The number of Topliss-reactive ketones (excluding diaryl/α,β-unsaturated/α-hetero) is 1. The predicted octanol–water partition coefficient (Wildman–Crippen LogP) is 1.17. The molecule has 1 fully saturated rings. The third-order valence-corrected chi connectivity index (χ3v) is 3.52. The molecule has 0 N–H and O–H groups in total. The largest absolute Gasteiger partial charge is 0.297 e. The zero-order valence-corrected chi connectivity index (χ0v) is 10.4. The molecular weight excluding hydrogens is 264 g/mol. The van der Waals surface area contributed by atoms with Gasteiger partial charge < -0.3 is 0 Å².